The first-order valence-electron chi connectivity index (χ1n) is 4.55. The van der Waals surface area contributed by atoms with Gasteiger partial charge in [0.05, 0.1) is 0 Å². The van der Waals surface area contributed by atoms with Crippen LogP contribution in [0.2, 0.25) is 0 Å². The quantitative estimate of drug-likeness (QED) is 0.471. The molecular weight excluding hydrogens is 244 g/mol. The minimum absolute atomic E-state index is 0.572. The zero-order valence-electron chi connectivity index (χ0n) is 8.48. The number of rotatable bonds is 1. The Bertz CT molecular complexity index is 490. The van der Waals surface area contributed by atoms with Crippen molar-refractivity contribution in [2.75, 3.05) is 0 Å². The van der Waals surface area contributed by atoms with Gasteiger partial charge in [0.15, 0.2) is 17.4 Å². The fraction of sp³-hybridized carbons (Fsp3) is 0.300. The molecule has 92 valence electrons. The molecule has 1 atom stereocenters. The van der Waals surface area contributed by atoms with Gasteiger partial charge >= 0.3 is 5.97 Å². The molecule has 3 nitrogen and oxygen atoms in total. The lowest BCUT2D eigenvalue weighted by atomic mass is 9.99. The SMILES string of the molecule is CC1(C(=O)O)Cc2c(F)c(F)c(F)c(F)c2O1. The molecule has 1 aliphatic rings. The van der Waals surface area contributed by atoms with E-state index in [-0.39, 0.29) is 0 Å². The average molecular weight is 250 g/mol. The highest BCUT2D eigenvalue weighted by Gasteiger charge is 2.46. The van der Waals surface area contributed by atoms with Crippen LogP contribution in [-0.4, -0.2) is 16.7 Å². The Morgan fingerprint density at radius 3 is 2.24 bits per heavy atom. The molecular formula is C10H6F4O3. The topological polar surface area (TPSA) is 46.5 Å². The number of halogens is 4. The molecule has 0 saturated carbocycles. The molecule has 1 N–H and O–H groups in total. The third-order valence-electron chi connectivity index (χ3n) is 2.61. The van der Waals surface area contributed by atoms with E-state index < -0.39 is 52.6 Å². The molecule has 1 heterocycles. The van der Waals surface area contributed by atoms with Gasteiger partial charge in [0, 0.05) is 12.0 Å². The summed E-state index contributed by atoms with van der Waals surface area (Å²) in [5.41, 5.74) is -2.53. The summed E-state index contributed by atoms with van der Waals surface area (Å²) in [5.74, 6) is -9.69. The van der Waals surface area contributed by atoms with E-state index >= 15 is 0 Å². The maximum atomic E-state index is 13.3. The Balaban J connectivity index is 2.64. The first-order chi connectivity index (χ1) is 7.78. The van der Waals surface area contributed by atoms with Gasteiger partial charge in [-0.3, -0.25) is 0 Å². The number of carbonyl (C=O) groups is 1. The Morgan fingerprint density at radius 1 is 1.18 bits per heavy atom. The molecule has 0 bridgehead atoms. The van der Waals surface area contributed by atoms with Crippen molar-refractivity contribution in [3.8, 4) is 5.75 Å². The predicted octanol–water partition coefficient (Wildman–Crippen LogP) is 2.02. The Morgan fingerprint density at radius 2 is 1.71 bits per heavy atom. The van der Waals surface area contributed by atoms with Crippen molar-refractivity contribution in [1.82, 2.24) is 0 Å². The number of hydrogen-bond acceptors (Lipinski definition) is 2. The van der Waals surface area contributed by atoms with Crippen LogP contribution in [0.25, 0.3) is 0 Å². The van der Waals surface area contributed by atoms with E-state index in [2.05, 4.69) is 4.74 Å². The maximum absolute atomic E-state index is 13.3. The van der Waals surface area contributed by atoms with Gasteiger partial charge in [-0.25, -0.2) is 18.0 Å². The number of fused-ring (bicyclic) bond motifs is 1. The summed E-state index contributed by atoms with van der Waals surface area (Å²) >= 11 is 0. The zero-order valence-corrected chi connectivity index (χ0v) is 8.48. The van der Waals surface area contributed by atoms with Gasteiger partial charge in [-0.05, 0) is 6.92 Å². The van der Waals surface area contributed by atoms with Crippen molar-refractivity contribution in [3.05, 3.63) is 28.8 Å². The summed E-state index contributed by atoms with van der Waals surface area (Å²) < 4.78 is 57.0. The fourth-order valence-electron chi connectivity index (χ4n) is 1.64. The number of carboxylic acids is 1. The van der Waals surface area contributed by atoms with Crippen molar-refractivity contribution in [3.63, 3.8) is 0 Å². The van der Waals surface area contributed by atoms with Gasteiger partial charge in [-0.15, -0.1) is 0 Å². The van der Waals surface area contributed by atoms with E-state index in [0.717, 1.165) is 6.92 Å². The van der Waals surface area contributed by atoms with Gasteiger partial charge in [0.25, 0.3) is 0 Å². The van der Waals surface area contributed by atoms with Crippen LogP contribution >= 0.6 is 0 Å². The van der Waals surface area contributed by atoms with E-state index in [4.69, 9.17) is 5.11 Å². The maximum Gasteiger partial charge on any atom is 0.348 e. The second-order valence-corrected chi connectivity index (χ2v) is 3.88. The lowest BCUT2D eigenvalue weighted by molar-refractivity contribution is -0.152. The molecule has 1 aromatic rings. The molecule has 2 rings (SSSR count). The molecule has 1 aromatic carbocycles. The van der Waals surface area contributed by atoms with Gasteiger partial charge < -0.3 is 9.84 Å². The largest absolute Gasteiger partial charge is 0.478 e. The minimum Gasteiger partial charge on any atom is -0.478 e. The first-order valence-corrected chi connectivity index (χ1v) is 4.55. The molecule has 17 heavy (non-hydrogen) atoms. The number of ether oxygens (including phenoxy) is 1. The Labute approximate surface area is 92.6 Å². The van der Waals surface area contributed by atoms with Gasteiger partial charge in [-0.1, -0.05) is 0 Å². The van der Waals surface area contributed by atoms with Crippen LogP contribution in [0.5, 0.6) is 5.75 Å². The van der Waals surface area contributed by atoms with Crippen LogP contribution in [0, 0.1) is 23.3 Å². The number of benzene rings is 1. The first kappa shape index (κ1) is 11.7. The second kappa shape index (κ2) is 3.35. The lowest BCUT2D eigenvalue weighted by Gasteiger charge is -2.17. The number of hydrogen-bond donors (Lipinski definition) is 1. The third kappa shape index (κ3) is 1.45. The van der Waals surface area contributed by atoms with Crippen molar-refractivity contribution in [1.29, 1.82) is 0 Å². The van der Waals surface area contributed by atoms with Crippen molar-refractivity contribution >= 4 is 5.97 Å². The summed E-state index contributed by atoms with van der Waals surface area (Å²) in [7, 11) is 0. The molecule has 7 heteroatoms. The molecule has 1 unspecified atom stereocenters. The molecule has 0 radical (unpaired) electrons. The highest BCUT2D eigenvalue weighted by molar-refractivity contribution is 5.79. The van der Waals surface area contributed by atoms with E-state index in [9.17, 15) is 22.4 Å². The van der Waals surface area contributed by atoms with Crippen molar-refractivity contribution in [2.45, 2.75) is 18.9 Å². The van der Waals surface area contributed by atoms with E-state index in [1.807, 2.05) is 0 Å². The normalized spacial score (nSPS) is 22.2. The van der Waals surface area contributed by atoms with Crippen molar-refractivity contribution in [2.24, 2.45) is 0 Å². The van der Waals surface area contributed by atoms with Crippen LogP contribution in [0.4, 0.5) is 17.6 Å². The van der Waals surface area contributed by atoms with Crippen molar-refractivity contribution < 1.29 is 32.2 Å². The third-order valence-corrected chi connectivity index (χ3v) is 2.61. The minimum atomic E-state index is -2.02. The molecule has 0 aromatic heterocycles. The number of carboxylic acid groups (broad SMARTS) is 1. The standard InChI is InChI=1S/C10H6F4O3/c1-10(9(15)16)2-3-4(11)5(12)6(13)7(14)8(3)17-10/h2H2,1H3,(H,15,16). The highest BCUT2D eigenvalue weighted by Crippen LogP contribution is 2.40. The molecule has 0 saturated heterocycles. The van der Waals surface area contributed by atoms with Crippen LogP contribution in [0.3, 0.4) is 0 Å². The molecule has 1 aliphatic heterocycles. The van der Waals surface area contributed by atoms with Crippen LogP contribution in [-0.2, 0) is 11.2 Å². The fourth-order valence-corrected chi connectivity index (χ4v) is 1.64. The van der Waals surface area contributed by atoms with Crippen LogP contribution in [0.15, 0.2) is 0 Å². The summed E-state index contributed by atoms with van der Waals surface area (Å²) in [6.45, 7) is 1.06. The molecule has 0 amide bonds. The zero-order chi connectivity index (χ0) is 13.0. The summed E-state index contributed by atoms with van der Waals surface area (Å²) in [4.78, 5) is 10.8. The summed E-state index contributed by atoms with van der Waals surface area (Å²) in [6, 6.07) is 0. The average Bonchev–Trinajstić information content (AvgIpc) is 2.63. The number of aliphatic carboxylic acids is 1. The summed E-state index contributed by atoms with van der Waals surface area (Å²) in [6.07, 6.45) is -0.572. The Hall–Kier alpha value is -1.79. The highest BCUT2D eigenvalue weighted by atomic mass is 19.2. The van der Waals surface area contributed by atoms with Gasteiger partial charge in [-0.2, -0.15) is 4.39 Å². The monoisotopic (exact) mass is 250 g/mol. The summed E-state index contributed by atoms with van der Waals surface area (Å²) in [5, 5.41) is 8.81. The van der Waals surface area contributed by atoms with E-state index in [1.54, 1.807) is 0 Å². The van der Waals surface area contributed by atoms with Gasteiger partial charge in [0.1, 0.15) is 0 Å². The molecule has 0 fully saturated rings. The Kier molecular flexibility index (Phi) is 2.30. The van der Waals surface area contributed by atoms with E-state index in [0.29, 0.717) is 0 Å². The second-order valence-electron chi connectivity index (χ2n) is 3.88. The molecule has 0 spiro atoms. The smallest absolute Gasteiger partial charge is 0.348 e. The van der Waals surface area contributed by atoms with Gasteiger partial charge in [0.2, 0.25) is 17.2 Å². The van der Waals surface area contributed by atoms with Crippen LogP contribution in [0.1, 0.15) is 12.5 Å². The predicted molar refractivity (Wildman–Crippen MR) is 46.6 cm³/mol. The van der Waals surface area contributed by atoms with Crippen LogP contribution < -0.4 is 4.74 Å². The van der Waals surface area contributed by atoms with E-state index in [1.165, 1.54) is 0 Å². The molecule has 0 aliphatic carbocycles. The lowest BCUT2D eigenvalue weighted by Crippen LogP contribution is -2.39.